The smallest absolute Gasteiger partial charge is 0.336 e. The number of aromatic carboxylic acids is 1. The standard InChI is InChI=1S/C15H21N3O5/c1-3-17(4-2)9-5-8-16-14(19)12-7-6-11(18(22)23)10-13(12)15(20)21/h6-7,10H,3-5,8-9H2,1-2H3,(H,16,19)(H,20,21). The SMILES string of the molecule is CCN(CC)CCCNC(=O)c1ccc([N+](=O)[O-])cc1C(=O)O. The second kappa shape index (κ2) is 8.84. The maximum Gasteiger partial charge on any atom is 0.336 e. The minimum Gasteiger partial charge on any atom is -0.478 e. The van der Waals surface area contributed by atoms with E-state index in [9.17, 15) is 19.7 Å². The molecular weight excluding hydrogens is 302 g/mol. The van der Waals surface area contributed by atoms with Crippen molar-refractivity contribution in [3.8, 4) is 0 Å². The molecule has 0 radical (unpaired) electrons. The Kier molecular flexibility index (Phi) is 7.14. The highest BCUT2D eigenvalue weighted by atomic mass is 16.6. The number of carboxylic acids is 1. The van der Waals surface area contributed by atoms with Crippen molar-refractivity contribution in [3.05, 3.63) is 39.4 Å². The Balaban J connectivity index is 2.72. The number of carboxylic acid groups (broad SMARTS) is 1. The lowest BCUT2D eigenvalue weighted by molar-refractivity contribution is -0.384. The van der Waals surface area contributed by atoms with Crippen molar-refractivity contribution in [1.29, 1.82) is 0 Å². The van der Waals surface area contributed by atoms with Crippen LogP contribution in [0.4, 0.5) is 5.69 Å². The molecule has 2 N–H and O–H groups in total. The summed E-state index contributed by atoms with van der Waals surface area (Å²) in [6.07, 6.45) is 0.739. The van der Waals surface area contributed by atoms with Crippen molar-refractivity contribution in [1.82, 2.24) is 10.2 Å². The number of hydrogen-bond donors (Lipinski definition) is 2. The van der Waals surface area contributed by atoms with E-state index in [1.807, 2.05) is 0 Å². The molecule has 126 valence electrons. The normalized spacial score (nSPS) is 10.6. The van der Waals surface area contributed by atoms with Crippen LogP contribution in [0.3, 0.4) is 0 Å². The highest BCUT2D eigenvalue weighted by molar-refractivity contribution is 6.05. The second-order valence-electron chi connectivity index (χ2n) is 4.93. The molecule has 23 heavy (non-hydrogen) atoms. The summed E-state index contributed by atoms with van der Waals surface area (Å²) >= 11 is 0. The lowest BCUT2D eigenvalue weighted by Crippen LogP contribution is -2.30. The van der Waals surface area contributed by atoms with E-state index in [2.05, 4.69) is 24.1 Å². The maximum absolute atomic E-state index is 12.1. The first-order valence-corrected chi connectivity index (χ1v) is 7.43. The van der Waals surface area contributed by atoms with Crippen LogP contribution in [0.5, 0.6) is 0 Å². The maximum atomic E-state index is 12.1. The number of benzene rings is 1. The largest absolute Gasteiger partial charge is 0.478 e. The van der Waals surface area contributed by atoms with Gasteiger partial charge in [0.15, 0.2) is 0 Å². The van der Waals surface area contributed by atoms with E-state index in [-0.39, 0.29) is 16.8 Å². The number of amides is 1. The average molecular weight is 323 g/mol. The summed E-state index contributed by atoms with van der Waals surface area (Å²) in [5.74, 6) is -1.92. The van der Waals surface area contributed by atoms with Crippen molar-refractivity contribution in [2.45, 2.75) is 20.3 Å². The zero-order valence-electron chi connectivity index (χ0n) is 13.2. The number of nitro benzene ring substituents is 1. The van der Waals surface area contributed by atoms with Gasteiger partial charge in [0.25, 0.3) is 11.6 Å². The van der Waals surface area contributed by atoms with Gasteiger partial charge in [-0.3, -0.25) is 14.9 Å². The molecule has 0 fully saturated rings. The van der Waals surface area contributed by atoms with Gasteiger partial charge >= 0.3 is 5.97 Å². The summed E-state index contributed by atoms with van der Waals surface area (Å²) in [6.45, 7) is 7.20. The van der Waals surface area contributed by atoms with Crippen LogP contribution in [0.1, 0.15) is 41.0 Å². The van der Waals surface area contributed by atoms with Gasteiger partial charge in [0.2, 0.25) is 0 Å². The summed E-state index contributed by atoms with van der Waals surface area (Å²) < 4.78 is 0. The lowest BCUT2D eigenvalue weighted by atomic mass is 10.1. The van der Waals surface area contributed by atoms with Crippen molar-refractivity contribution in [2.24, 2.45) is 0 Å². The number of carbonyl (C=O) groups excluding carboxylic acids is 1. The number of nitrogens with one attached hydrogen (secondary N) is 1. The summed E-state index contributed by atoms with van der Waals surface area (Å²) in [5, 5.41) is 22.5. The van der Waals surface area contributed by atoms with E-state index in [1.165, 1.54) is 6.07 Å². The first kappa shape index (κ1) is 18.6. The molecule has 0 bridgehead atoms. The molecule has 8 nitrogen and oxygen atoms in total. The number of carbonyl (C=O) groups is 2. The van der Waals surface area contributed by atoms with Crippen molar-refractivity contribution in [2.75, 3.05) is 26.2 Å². The predicted molar refractivity (Wildman–Crippen MR) is 84.8 cm³/mol. The molecule has 0 heterocycles. The van der Waals surface area contributed by atoms with Crippen LogP contribution in [-0.2, 0) is 0 Å². The molecule has 0 spiro atoms. The minimum atomic E-state index is -1.37. The van der Waals surface area contributed by atoms with Gasteiger partial charge in [0.1, 0.15) is 0 Å². The van der Waals surface area contributed by atoms with Crippen LogP contribution in [0.2, 0.25) is 0 Å². The van der Waals surface area contributed by atoms with Gasteiger partial charge in [-0.15, -0.1) is 0 Å². The van der Waals surface area contributed by atoms with Gasteiger partial charge in [0.05, 0.1) is 16.1 Å². The highest BCUT2D eigenvalue weighted by Crippen LogP contribution is 2.18. The number of hydrogen-bond acceptors (Lipinski definition) is 5. The Morgan fingerprint density at radius 2 is 1.91 bits per heavy atom. The predicted octanol–water partition coefficient (Wildman–Crippen LogP) is 1.75. The van der Waals surface area contributed by atoms with E-state index < -0.39 is 16.8 Å². The minimum absolute atomic E-state index is 0.0778. The monoisotopic (exact) mass is 323 g/mol. The topological polar surface area (TPSA) is 113 Å². The number of non-ortho nitro benzene ring substituents is 1. The number of nitrogens with zero attached hydrogens (tertiary/aromatic N) is 2. The molecule has 0 aliphatic rings. The van der Waals surface area contributed by atoms with Gasteiger partial charge in [0, 0.05) is 18.7 Å². The van der Waals surface area contributed by atoms with E-state index >= 15 is 0 Å². The van der Waals surface area contributed by atoms with Crippen LogP contribution in [0.15, 0.2) is 18.2 Å². The quantitative estimate of drug-likeness (QED) is 0.407. The van der Waals surface area contributed by atoms with Crippen molar-refractivity contribution in [3.63, 3.8) is 0 Å². The van der Waals surface area contributed by atoms with Crippen LogP contribution < -0.4 is 5.32 Å². The highest BCUT2D eigenvalue weighted by Gasteiger charge is 2.20. The molecule has 0 aromatic heterocycles. The molecule has 0 saturated heterocycles. The average Bonchev–Trinajstić information content (AvgIpc) is 2.54. The third-order valence-electron chi connectivity index (χ3n) is 3.52. The summed E-state index contributed by atoms with van der Waals surface area (Å²) in [5.41, 5.74) is -0.813. The molecule has 1 rings (SSSR count). The molecule has 0 aliphatic carbocycles. The molecule has 0 unspecified atom stereocenters. The summed E-state index contributed by atoms with van der Waals surface area (Å²) in [6, 6.07) is 3.19. The van der Waals surface area contributed by atoms with Gasteiger partial charge in [-0.2, -0.15) is 0 Å². The molecule has 0 aliphatic heterocycles. The Hall–Kier alpha value is -2.48. The Morgan fingerprint density at radius 3 is 2.43 bits per heavy atom. The van der Waals surface area contributed by atoms with Crippen LogP contribution in [0, 0.1) is 10.1 Å². The Morgan fingerprint density at radius 1 is 1.26 bits per heavy atom. The molecular formula is C15H21N3O5. The second-order valence-corrected chi connectivity index (χ2v) is 4.93. The van der Waals surface area contributed by atoms with Gasteiger partial charge in [-0.25, -0.2) is 4.79 Å². The Bertz CT molecular complexity index is 584. The van der Waals surface area contributed by atoms with Crippen LogP contribution in [0.25, 0.3) is 0 Å². The molecule has 1 amide bonds. The third-order valence-corrected chi connectivity index (χ3v) is 3.52. The number of nitro groups is 1. The lowest BCUT2D eigenvalue weighted by Gasteiger charge is -2.17. The van der Waals surface area contributed by atoms with E-state index in [0.717, 1.165) is 38.2 Å². The van der Waals surface area contributed by atoms with Crippen molar-refractivity contribution < 1.29 is 19.6 Å². The molecule has 1 aromatic carbocycles. The van der Waals surface area contributed by atoms with E-state index in [4.69, 9.17) is 5.11 Å². The van der Waals surface area contributed by atoms with Crippen LogP contribution in [-0.4, -0.2) is 53.0 Å². The molecule has 0 atom stereocenters. The summed E-state index contributed by atoms with van der Waals surface area (Å²) in [7, 11) is 0. The first-order valence-electron chi connectivity index (χ1n) is 7.43. The fraction of sp³-hybridized carbons (Fsp3) is 0.467. The molecule has 8 heteroatoms. The fourth-order valence-electron chi connectivity index (χ4n) is 2.16. The molecule has 0 saturated carbocycles. The molecule has 1 aromatic rings. The number of rotatable bonds is 9. The Labute approximate surface area is 134 Å². The van der Waals surface area contributed by atoms with Crippen molar-refractivity contribution >= 4 is 17.6 Å². The fourth-order valence-corrected chi connectivity index (χ4v) is 2.16. The van der Waals surface area contributed by atoms with E-state index in [0.29, 0.717) is 6.54 Å². The zero-order chi connectivity index (χ0) is 17.4. The van der Waals surface area contributed by atoms with E-state index in [1.54, 1.807) is 0 Å². The van der Waals surface area contributed by atoms with Crippen LogP contribution >= 0.6 is 0 Å². The first-order chi connectivity index (χ1) is 10.9. The van der Waals surface area contributed by atoms with Gasteiger partial charge in [-0.1, -0.05) is 13.8 Å². The zero-order valence-corrected chi connectivity index (χ0v) is 13.2. The van der Waals surface area contributed by atoms with Gasteiger partial charge < -0.3 is 15.3 Å². The van der Waals surface area contributed by atoms with Gasteiger partial charge in [-0.05, 0) is 32.1 Å². The summed E-state index contributed by atoms with van der Waals surface area (Å²) in [4.78, 5) is 35.5. The third kappa shape index (κ3) is 5.33.